The van der Waals surface area contributed by atoms with Crippen molar-refractivity contribution in [2.45, 2.75) is 57.4 Å². The van der Waals surface area contributed by atoms with Gasteiger partial charge >= 0.3 is 0 Å². The Morgan fingerprint density at radius 3 is 2.18 bits per heavy atom. The van der Waals surface area contributed by atoms with Crippen molar-refractivity contribution in [3.63, 3.8) is 0 Å². The van der Waals surface area contributed by atoms with Crippen molar-refractivity contribution < 1.29 is 14.3 Å². The van der Waals surface area contributed by atoms with Crippen LogP contribution in [-0.2, 0) is 14.3 Å². The number of rotatable bonds is 2. The van der Waals surface area contributed by atoms with Crippen LogP contribution in [-0.4, -0.2) is 60.5 Å². The topological polar surface area (TPSA) is 49.9 Å². The number of ether oxygens (including phenoxy) is 1. The molecule has 0 bridgehead atoms. The van der Waals surface area contributed by atoms with Gasteiger partial charge in [0.25, 0.3) is 0 Å². The maximum atomic E-state index is 12.9. The Balaban J connectivity index is 1.67. The zero-order valence-electron chi connectivity index (χ0n) is 13.5. The molecule has 5 nitrogen and oxygen atoms in total. The third-order valence-electron chi connectivity index (χ3n) is 5.35. The number of hydrogen-bond acceptors (Lipinski definition) is 3. The van der Waals surface area contributed by atoms with Gasteiger partial charge in [-0.05, 0) is 32.1 Å². The van der Waals surface area contributed by atoms with E-state index >= 15 is 0 Å². The highest BCUT2D eigenvalue weighted by atomic mass is 16.5. The van der Waals surface area contributed by atoms with Crippen LogP contribution in [0.4, 0.5) is 0 Å². The Morgan fingerprint density at radius 2 is 1.45 bits per heavy atom. The third kappa shape index (κ3) is 3.45. The summed E-state index contributed by atoms with van der Waals surface area (Å²) in [5.41, 5.74) is 0. The number of hydrogen-bond donors (Lipinski definition) is 0. The first-order chi connectivity index (χ1) is 10.8. The molecule has 2 heterocycles. The molecular weight excluding hydrogens is 280 g/mol. The molecule has 2 aliphatic heterocycles. The molecule has 124 valence electrons. The molecule has 22 heavy (non-hydrogen) atoms. The van der Waals surface area contributed by atoms with E-state index in [-0.39, 0.29) is 23.8 Å². The number of nitrogens with zero attached hydrogens (tertiary/aromatic N) is 2. The molecule has 5 heteroatoms. The van der Waals surface area contributed by atoms with Crippen LogP contribution < -0.4 is 0 Å². The smallest absolute Gasteiger partial charge is 0.245 e. The average molecular weight is 308 g/mol. The summed E-state index contributed by atoms with van der Waals surface area (Å²) < 4.78 is 5.33. The lowest BCUT2D eigenvalue weighted by molar-refractivity contribution is -0.152. The highest BCUT2D eigenvalue weighted by Crippen LogP contribution is 2.29. The highest BCUT2D eigenvalue weighted by molar-refractivity contribution is 5.89. The first-order valence-corrected chi connectivity index (χ1v) is 8.94. The monoisotopic (exact) mass is 308 g/mol. The summed E-state index contributed by atoms with van der Waals surface area (Å²) in [5, 5.41) is 0. The Kier molecular flexibility index (Phi) is 5.34. The van der Waals surface area contributed by atoms with Crippen LogP contribution in [0.15, 0.2) is 0 Å². The van der Waals surface area contributed by atoms with Gasteiger partial charge in [-0.15, -0.1) is 0 Å². The summed E-state index contributed by atoms with van der Waals surface area (Å²) in [4.78, 5) is 29.5. The predicted octanol–water partition coefficient (Wildman–Crippen LogP) is 1.81. The molecule has 2 saturated heterocycles. The number of piperidine rings is 1. The molecule has 1 unspecified atom stereocenters. The second-order valence-electron chi connectivity index (χ2n) is 6.82. The van der Waals surface area contributed by atoms with Gasteiger partial charge in [0.05, 0.1) is 13.2 Å². The summed E-state index contributed by atoms with van der Waals surface area (Å²) in [6, 6.07) is -0.221. The van der Waals surface area contributed by atoms with Crippen molar-refractivity contribution in [1.82, 2.24) is 9.80 Å². The second kappa shape index (κ2) is 7.44. The van der Waals surface area contributed by atoms with Crippen molar-refractivity contribution in [2.24, 2.45) is 5.92 Å². The van der Waals surface area contributed by atoms with Gasteiger partial charge in [0, 0.05) is 25.6 Å². The van der Waals surface area contributed by atoms with Crippen molar-refractivity contribution in [3.05, 3.63) is 0 Å². The fourth-order valence-electron chi connectivity index (χ4n) is 4.03. The lowest BCUT2D eigenvalue weighted by Crippen LogP contribution is -2.56. The zero-order chi connectivity index (χ0) is 15.4. The van der Waals surface area contributed by atoms with Gasteiger partial charge < -0.3 is 14.5 Å². The normalized spacial score (nSPS) is 27.7. The summed E-state index contributed by atoms with van der Waals surface area (Å²) >= 11 is 0. The minimum atomic E-state index is -0.221. The highest BCUT2D eigenvalue weighted by Gasteiger charge is 2.37. The van der Waals surface area contributed by atoms with Crippen LogP contribution in [0.2, 0.25) is 0 Å². The fraction of sp³-hybridized carbons (Fsp3) is 0.882. The van der Waals surface area contributed by atoms with Gasteiger partial charge in [-0.2, -0.15) is 0 Å². The van der Waals surface area contributed by atoms with E-state index in [1.165, 1.54) is 6.42 Å². The Morgan fingerprint density at radius 1 is 0.773 bits per heavy atom. The van der Waals surface area contributed by atoms with Crippen LogP contribution in [0.5, 0.6) is 0 Å². The lowest BCUT2D eigenvalue weighted by Gasteiger charge is -2.40. The maximum Gasteiger partial charge on any atom is 0.245 e. The minimum Gasteiger partial charge on any atom is -0.378 e. The summed E-state index contributed by atoms with van der Waals surface area (Å²) in [7, 11) is 0. The molecule has 1 atom stereocenters. The molecule has 3 rings (SSSR count). The minimum absolute atomic E-state index is 0.146. The summed E-state index contributed by atoms with van der Waals surface area (Å²) in [6.45, 7) is 3.34. The molecule has 0 aromatic heterocycles. The van der Waals surface area contributed by atoms with Crippen molar-refractivity contribution in [1.29, 1.82) is 0 Å². The van der Waals surface area contributed by atoms with E-state index in [0.29, 0.717) is 26.3 Å². The lowest BCUT2D eigenvalue weighted by atomic mass is 9.87. The Labute approximate surface area is 133 Å². The van der Waals surface area contributed by atoms with E-state index in [1.54, 1.807) is 0 Å². The molecule has 0 aromatic rings. The molecule has 3 aliphatic rings. The first-order valence-electron chi connectivity index (χ1n) is 8.94. The van der Waals surface area contributed by atoms with E-state index in [2.05, 4.69) is 0 Å². The summed E-state index contributed by atoms with van der Waals surface area (Å²) in [6.07, 6.45) is 8.50. The fourth-order valence-corrected chi connectivity index (χ4v) is 4.03. The van der Waals surface area contributed by atoms with E-state index in [4.69, 9.17) is 4.74 Å². The van der Waals surface area contributed by atoms with Crippen molar-refractivity contribution in [2.75, 3.05) is 32.8 Å². The molecule has 3 fully saturated rings. The van der Waals surface area contributed by atoms with Crippen LogP contribution in [0.3, 0.4) is 0 Å². The maximum absolute atomic E-state index is 12.9. The quantitative estimate of drug-likeness (QED) is 0.782. The van der Waals surface area contributed by atoms with Crippen LogP contribution >= 0.6 is 0 Å². The molecule has 1 saturated carbocycles. The number of carbonyl (C=O) groups is 2. The molecule has 0 N–H and O–H groups in total. The largest absolute Gasteiger partial charge is 0.378 e. The number of amides is 2. The third-order valence-corrected chi connectivity index (χ3v) is 5.35. The SMILES string of the molecule is O=C(C1CCCCN1C(=O)C1CCCCC1)N1CCOCC1. The zero-order valence-corrected chi connectivity index (χ0v) is 13.5. The van der Waals surface area contributed by atoms with Crippen LogP contribution in [0.25, 0.3) is 0 Å². The molecule has 0 radical (unpaired) electrons. The van der Waals surface area contributed by atoms with Crippen molar-refractivity contribution in [3.8, 4) is 0 Å². The van der Waals surface area contributed by atoms with E-state index in [9.17, 15) is 9.59 Å². The van der Waals surface area contributed by atoms with Gasteiger partial charge in [0.15, 0.2) is 0 Å². The van der Waals surface area contributed by atoms with Gasteiger partial charge in [-0.3, -0.25) is 9.59 Å². The average Bonchev–Trinajstić information content (AvgIpc) is 2.62. The van der Waals surface area contributed by atoms with Gasteiger partial charge in [0.2, 0.25) is 11.8 Å². The first kappa shape index (κ1) is 15.8. The molecule has 1 aliphatic carbocycles. The molecule has 0 spiro atoms. The van der Waals surface area contributed by atoms with Crippen LogP contribution in [0.1, 0.15) is 51.4 Å². The standard InChI is InChI=1S/C17H28N2O3/c20-16(14-6-2-1-3-7-14)19-9-5-4-8-15(19)17(21)18-10-12-22-13-11-18/h14-15H,1-13H2. The molecule has 2 amide bonds. The number of carbonyl (C=O) groups excluding carboxylic acids is 2. The van der Waals surface area contributed by atoms with Crippen molar-refractivity contribution >= 4 is 11.8 Å². The van der Waals surface area contributed by atoms with E-state index in [0.717, 1.165) is 51.5 Å². The Bertz CT molecular complexity index is 363. The van der Waals surface area contributed by atoms with Gasteiger partial charge in [0.1, 0.15) is 6.04 Å². The number of likely N-dealkylation sites (tertiary alicyclic amines) is 1. The Hall–Kier alpha value is -1.10. The second-order valence-corrected chi connectivity index (χ2v) is 6.82. The summed E-state index contributed by atoms with van der Waals surface area (Å²) in [5.74, 6) is 0.546. The van der Waals surface area contributed by atoms with E-state index < -0.39 is 0 Å². The van der Waals surface area contributed by atoms with Gasteiger partial charge in [-0.25, -0.2) is 0 Å². The van der Waals surface area contributed by atoms with E-state index in [1.807, 2.05) is 9.80 Å². The molecular formula is C17H28N2O3. The molecule has 0 aromatic carbocycles. The number of morpholine rings is 1. The predicted molar refractivity (Wildman–Crippen MR) is 83.3 cm³/mol. The van der Waals surface area contributed by atoms with Crippen LogP contribution in [0, 0.1) is 5.92 Å². The van der Waals surface area contributed by atoms with Gasteiger partial charge in [-0.1, -0.05) is 19.3 Å².